The molecule has 0 aromatic rings. The molecule has 0 atom stereocenters. The highest BCUT2D eigenvalue weighted by Gasteiger charge is 2.04. The van der Waals surface area contributed by atoms with Crippen molar-refractivity contribution in [1.82, 2.24) is 0 Å². The molecular weight excluding hydrogens is 406 g/mol. The maximum atomic E-state index is 8.17. The van der Waals surface area contributed by atoms with Crippen molar-refractivity contribution in [3.05, 3.63) is 0 Å². The first-order valence-electron chi connectivity index (χ1n) is 11.1. The summed E-state index contributed by atoms with van der Waals surface area (Å²) in [7, 11) is 6.88. The lowest BCUT2D eigenvalue weighted by molar-refractivity contribution is -0.870. The van der Waals surface area contributed by atoms with Crippen molar-refractivity contribution in [3.63, 3.8) is 0 Å². The molecule has 0 spiro atoms. The van der Waals surface area contributed by atoms with Gasteiger partial charge < -0.3 is 36.8 Å². The minimum Gasteiger partial charge on any atom is -1.00 e. The van der Waals surface area contributed by atoms with Gasteiger partial charge in [0.25, 0.3) is 0 Å². The molecule has 3 N–H and O–H groups in total. The summed E-state index contributed by atoms with van der Waals surface area (Å²) in [5, 5.41) is 24.0. The van der Waals surface area contributed by atoms with E-state index in [1.54, 1.807) is 0 Å². The molecule has 0 aliphatic heterocycles. The smallest absolute Gasteiger partial charge is 0.100 e. The number of aliphatic hydroxyl groups excluding tert-OH is 3. The van der Waals surface area contributed by atoms with Crippen LogP contribution in [-0.4, -0.2) is 66.8 Å². The molecule has 0 saturated carbocycles. The molecule has 0 saturated heterocycles. The second-order valence-electron chi connectivity index (χ2n) is 8.63. The van der Waals surface area contributed by atoms with Crippen LogP contribution in [0.5, 0.6) is 0 Å². The van der Waals surface area contributed by atoms with E-state index in [-0.39, 0.29) is 30.2 Å². The van der Waals surface area contributed by atoms with Gasteiger partial charge in [-0.3, -0.25) is 0 Å². The number of hydrogen-bond donors (Lipinski definition) is 3. The van der Waals surface area contributed by atoms with Crippen LogP contribution in [0.4, 0.5) is 0 Å². The lowest BCUT2D eigenvalue weighted by atomic mass is 10.0. The van der Waals surface area contributed by atoms with E-state index in [1.165, 1.54) is 96.4 Å². The molecule has 0 bridgehead atoms. The average Bonchev–Trinajstić information content (AvgIpc) is 2.61. The number of nitrogens with zero attached hydrogens (tertiary/aromatic N) is 1. The number of aliphatic hydroxyl groups is 3. The highest BCUT2D eigenvalue weighted by Crippen LogP contribution is 2.13. The molecule has 0 aliphatic carbocycles. The van der Waals surface area contributed by atoms with Crippen LogP contribution in [0.25, 0.3) is 0 Å². The number of halogens is 1. The third-order valence-electron chi connectivity index (χ3n) is 4.60. The second kappa shape index (κ2) is 24.4. The minimum atomic E-state index is -0.954. The molecule has 4 nitrogen and oxygen atoms in total. The van der Waals surface area contributed by atoms with Gasteiger partial charge in [0.15, 0.2) is 0 Å². The van der Waals surface area contributed by atoms with Gasteiger partial charge in [-0.15, -0.1) is 0 Å². The fraction of sp³-hybridized carbons (Fsp3) is 1.00. The van der Waals surface area contributed by atoms with Crippen molar-refractivity contribution in [3.8, 4) is 0 Å². The van der Waals surface area contributed by atoms with Gasteiger partial charge in [0.2, 0.25) is 0 Å². The molecule has 0 rings (SSSR count). The van der Waals surface area contributed by atoms with Crippen molar-refractivity contribution in [2.45, 2.75) is 103 Å². The van der Waals surface area contributed by atoms with Crippen LogP contribution in [0, 0.1) is 0 Å². The summed E-state index contributed by atoms with van der Waals surface area (Å²) < 4.78 is 1.12. The Morgan fingerprint density at radius 1 is 0.593 bits per heavy atom. The van der Waals surface area contributed by atoms with Crippen LogP contribution in [0.15, 0.2) is 0 Å². The van der Waals surface area contributed by atoms with E-state index in [2.05, 4.69) is 28.1 Å². The van der Waals surface area contributed by atoms with E-state index < -0.39 is 6.10 Å². The monoisotopic (exact) mass is 455 g/mol. The Hall–Kier alpha value is 0.320. The van der Waals surface area contributed by atoms with E-state index in [9.17, 15) is 0 Å². The van der Waals surface area contributed by atoms with Gasteiger partial charge in [0.1, 0.15) is 6.10 Å². The summed E-state index contributed by atoms with van der Waals surface area (Å²) in [6.45, 7) is 2.90. The lowest BCUT2D eigenvalue weighted by Gasteiger charge is -2.23. The van der Waals surface area contributed by atoms with Crippen LogP contribution in [-0.2, 0) is 0 Å². The number of unbranched alkanes of at least 4 members (excludes halogenated alkanes) is 13. The maximum Gasteiger partial charge on any atom is 0.100 e. The summed E-state index contributed by atoms with van der Waals surface area (Å²) in [6, 6.07) is 0. The minimum absolute atomic E-state index is 0. The Kier molecular flexibility index (Phi) is 28.9. The zero-order valence-corrected chi connectivity index (χ0v) is 20.4. The van der Waals surface area contributed by atoms with Crippen LogP contribution < -0.4 is 17.0 Å². The summed E-state index contributed by atoms with van der Waals surface area (Å²) in [6.07, 6.45) is 19.4. The first kappa shape index (κ1) is 32.0. The zero-order valence-electron chi connectivity index (χ0n) is 18.8. The normalized spacial score (nSPS) is 11.1. The van der Waals surface area contributed by atoms with Gasteiger partial charge in [0.05, 0.1) is 40.9 Å². The summed E-state index contributed by atoms with van der Waals surface area (Å²) >= 11 is 0. The molecule has 0 aromatic heterocycles. The average molecular weight is 457 g/mol. The first-order valence-corrected chi connectivity index (χ1v) is 11.1. The van der Waals surface area contributed by atoms with E-state index in [0.29, 0.717) is 0 Å². The molecule has 27 heavy (non-hydrogen) atoms. The van der Waals surface area contributed by atoms with Crippen molar-refractivity contribution in [1.29, 1.82) is 0 Å². The maximum absolute atomic E-state index is 8.17. The van der Waals surface area contributed by atoms with Crippen LogP contribution >= 0.6 is 0 Å². The fourth-order valence-corrected chi connectivity index (χ4v) is 2.84. The lowest BCUT2D eigenvalue weighted by Crippen LogP contribution is -3.00. The molecule has 0 aliphatic rings. The first-order chi connectivity index (χ1) is 12.4. The van der Waals surface area contributed by atoms with Gasteiger partial charge in [0, 0.05) is 0 Å². The van der Waals surface area contributed by atoms with E-state index >= 15 is 0 Å². The van der Waals surface area contributed by atoms with Crippen molar-refractivity contribution < 1.29 is 36.8 Å². The number of quaternary nitrogens is 1. The molecule has 0 aromatic carbocycles. The Morgan fingerprint density at radius 2 is 0.889 bits per heavy atom. The highest BCUT2D eigenvalue weighted by molar-refractivity contribution is 4.49. The summed E-state index contributed by atoms with van der Waals surface area (Å²) in [4.78, 5) is 0. The van der Waals surface area contributed by atoms with Gasteiger partial charge >= 0.3 is 0 Å². The molecule has 168 valence electrons. The molecule has 0 heterocycles. The zero-order chi connectivity index (χ0) is 20.1. The molecule has 0 radical (unpaired) electrons. The third-order valence-corrected chi connectivity index (χ3v) is 4.60. The number of hydrogen-bond acceptors (Lipinski definition) is 3. The van der Waals surface area contributed by atoms with E-state index in [4.69, 9.17) is 15.3 Å². The van der Waals surface area contributed by atoms with Crippen LogP contribution in [0.3, 0.4) is 0 Å². The second-order valence-corrected chi connectivity index (χ2v) is 8.63. The Labute approximate surface area is 180 Å². The molecule has 0 amide bonds. The summed E-state index contributed by atoms with van der Waals surface area (Å²) in [5.41, 5.74) is 0. The summed E-state index contributed by atoms with van der Waals surface area (Å²) in [5.74, 6) is 0. The van der Waals surface area contributed by atoms with Crippen LogP contribution in [0.1, 0.15) is 96.8 Å². The standard InChI is InChI=1S/C19H42N.C3H8O3.BrH/c1-5-6-7-8-9-10-11-12-13-14-15-16-17-18-19-20(2,3)4;4-1-3(6)2-5;/h5-19H2,1-4H3;3-6H,1-2H2;1H/q+1;;/p-1. The largest absolute Gasteiger partial charge is 1.00 e. The Balaban J connectivity index is -0.000000709. The van der Waals surface area contributed by atoms with Crippen molar-refractivity contribution >= 4 is 0 Å². The van der Waals surface area contributed by atoms with Gasteiger partial charge in [-0.25, -0.2) is 0 Å². The molecular formula is C22H50BrNO3. The molecule has 0 fully saturated rings. The fourth-order valence-electron chi connectivity index (χ4n) is 2.84. The Bertz CT molecular complexity index is 256. The van der Waals surface area contributed by atoms with E-state index in [1.807, 2.05) is 0 Å². The molecule has 5 heteroatoms. The topological polar surface area (TPSA) is 60.7 Å². The SMILES string of the molecule is CCCCCCCCCCCCCCCC[N+](C)(C)C.OCC(O)CO.[Br-]. The molecule has 0 unspecified atom stereocenters. The van der Waals surface area contributed by atoms with Crippen molar-refractivity contribution in [2.75, 3.05) is 40.9 Å². The highest BCUT2D eigenvalue weighted by atomic mass is 79.9. The van der Waals surface area contributed by atoms with Gasteiger partial charge in [-0.2, -0.15) is 0 Å². The number of rotatable bonds is 17. The predicted octanol–water partition coefficient (Wildman–Crippen LogP) is 1.51. The predicted molar refractivity (Wildman–Crippen MR) is 113 cm³/mol. The quantitative estimate of drug-likeness (QED) is 0.230. The van der Waals surface area contributed by atoms with Gasteiger partial charge in [-0.1, -0.05) is 84.0 Å². The van der Waals surface area contributed by atoms with Crippen molar-refractivity contribution in [2.24, 2.45) is 0 Å². The third kappa shape index (κ3) is 34.2. The van der Waals surface area contributed by atoms with Gasteiger partial charge in [-0.05, 0) is 12.8 Å². The van der Waals surface area contributed by atoms with Crippen LogP contribution in [0.2, 0.25) is 0 Å². The van der Waals surface area contributed by atoms with E-state index in [0.717, 1.165) is 4.48 Å². The Morgan fingerprint density at radius 3 is 1.11 bits per heavy atom.